The van der Waals surface area contributed by atoms with Gasteiger partial charge in [0, 0.05) is 0 Å². The first-order valence-corrected chi connectivity index (χ1v) is 12.0. The van der Waals surface area contributed by atoms with E-state index in [9.17, 15) is 9.13 Å². The summed E-state index contributed by atoms with van der Waals surface area (Å²) in [4.78, 5) is 0. The third kappa shape index (κ3) is 6.19. The van der Waals surface area contributed by atoms with Crippen LogP contribution in [0.15, 0.2) is 24.3 Å². The van der Waals surface area contributed by atoms with E-state index in [1.165, 1.54) is 0 Å². The Hall–Kier alpha value is -0.680. The third-order valence-corrected chi connectivity index (χ3v) is 9.54. The van der Waals surface area contributed by atoms with Gasteiger partial charge in [0.1, 0.15) is 5.75 Å². The minimum Gasteiger partial charge on any atom is -0.497 e. The molecule has 0 saturated heterocycles. The molecule has 150 valence electrons. The molecule has 0 saturated carbocycles. The van der Waals surface area contributed by atoms with E-state index in [0.29, 0.717) is 5.75 Å². The summed E-state index contributed by atoms with van der Waals surface area (Å²) < 4.78 is 53.9. The fourth-order valence-electron chi connectivity index (χ4n) is 2.51. The molecule has 0 radical (unpaired) electrons. The highest BCUT2D eigenvalue weighted by Gasteiger charge is 2.50. The minimum absolute atomic E-state index is 0.161. The van der Waals surface area contributed by atoms with Crippen molar-refractivity contribution < 1.29 is 32.0 Å². The molecular formula is C17H30O7P2. The molecule has 0 aliphatic carbocycles. The third-order valence-electron chi connectivity index (χ3n) is 3.54. The average Bonchev–Trinajstić information content (AvgIpc) is 2.61. The van der Waals surface area contributed by atoms with Crippen molar-refractivity contribution in [3.63, 3.8) is 0 Å². The molecule has 0 aliphatic rings. The van der Waals surface area contributed by atoms with Gasteiger partial charge in [0.15, 0.2) is 5.40 Å². The van der Waals surface area contributed by atoms with Crippen LogP contribution in [-0.2, 0) is 33.6 Å². The van der Waals surface area contributed by atoms with E-state index in [1.807, 2.05) is 12.1 Å². The van der Waals surface area contributed by atoms with Gasteiger partial charge in [-0.25, -0.2) is 0 Å². The van der Waals surface area contributed by atoms with Crippen molar-refractivity contribution in [3.8, 4) is 5.75 Å². The van der Waals surface area contributed by atoms with E-state index in [1.54, 1.807) is 46.9 Å². The molecule has 1 aromatic carbocycles. The molecule has 0 aromatic heterocycles. The standard InChI is InChI=1S/C17H30O7P2/c1-6-21-25(18,22-7-2)17(26(19,23-8-3)24-9-4)14-15-10-12-16(20-5)13-11-15/h10-13,17H,6-9,14H2,1-5H3. The van der Waals surface area contributed by atoms with Crippen LogP contribution in [0.1, 0.15) is 33.3 Å². The molecule has 0 amide bonds. The largest absolute Gasteiger partial charge is 0.497 e. The summed E-state index contributed by atoms with van der Waals surface area (Å²) in [6.07, 6.45) is 0.165. The predicted molar refractivity (Wildman–Crippen MR) is 102 cm³/mol. The van der Waals surface area contributed by atoms with Gasteiger partial charge in [-0.15, -0.1) is 0 Å². The first kappa shape index (κ1) is 23.4. The van der Waals surface area contributed by atoms with Crippen LogP contribution in [0.2, 0.25) is 0 Å². The lowest BCUT2D eigenvalue weighted by atomic mass is 10.2. The zero-order valence-corrected chi connectivity index (χ0v) is 18.0. The lowest BCUT2D eigenvalue weighted by Gasteiger charge is -2.31. The van der Waals surface area contributed by atoms with E-state index >= 15 is 0 Å². The first-order chi connectivity index (χ1) is 12.4. The van der Waals surface area contributed by atoms with E-state index in [2.05, 4.69) is 0 Å². The van der Waals surface area contributed by atoms with Gasteiger partial charge in [0.25, 0.3) is 0 Å². The van der Waals surface area contributed by atoms with Crippen LogP contribution in [0.25, 0.3) is 0 Å². The average molecular weight is 408 g/mol. The molecule has 0 unspecified atom stereocenters. The van der Waals surface area contributed by atoms with Gasteiger partial charge < -0.3 is 22.8 Å². The summed E-state index contributed by atoms with van der Waals surface area (Å²) in [5, 5.41) is -1.05. The monoisotopic (exact) mass is 408 g/mol. The van der Waals surface area contributed by atoms with Crippen LogP contribution >= 0.6 is 15.2 Å². The normalized spacial score (nSPS) is 12.5. The summed E-state index contributed by atoms with van der Waals surface area (Å²) in [6, 6.07) is 7.20. The summed E-state index contributed by atoms with van der Waals surface area (Å²) in [5.74, 6) is 0.695. The highest BCUT2D eigenvalue weighted by molar-refractivity contribution is 7.72. The first-order valence-electron chi connectivity index (χ1n) is 8.79. The van der Waals surface area contributed by atoms with Crippen LogP contribution in [-0.4, -0.2) is 38.9 Å². The second kappa shape index (κ2) is 11.2. The van der Waals surface area contributed by atoms with Crippen LogP contribution < -0.4 is 4.74 Å². The molecule has 9 heteroatoms. The minimum atomic E-state index is -3.74. The number of rotatable bonds is 13. The van der Waals surface area contributed by atoms with Crippen molar-refractivity contribution in [2.24, 2.45) is 0 Å². The van der Waals surface area contributed by atoms with Crippen molar-refractivity contribution in [1.29, 1.82) is 0 Å². The number of ether oxygens (including phenoxy) is 1. The maximum atomic E-state index is 13.4. The zero-order chi connectivity index (χ0) is 19.6. The van der Waals surface area contributed by atoms with Crippen molar-refractivity contribution in [3.05, 3.63) is 29.8 Å². The van der Waals surface area contributed by atoms with E-state index in [-0.39, 0.29) is 32.8 Å². The van der Waals surface area contributed by atoms with E-state index in [0.717, 1.165) is 5.56 Å². The van der Waals surface area contributed by atoms with Gasteiger partial charge in [-0.3, -0.25) is 9.13 Å². The van der Waals surface area contributed by atoms with Gasteiger partial charge in [-0.2, -0.15) is 0 Å². The molecule has 1 aromatic rings. The second-order valence-electron chi connectivity index (χ2n) is 5.28. The van der Waals surface area contributed by atoms with Crippen LogP contribution in [0, 0.1) is 0 Å². The summed E-state index contributed by atoms with van der Waals surface area (Å²) >= 11 is 0. The molecule has 1 rings (SSSR count). The predicted octanol–water partition coefficient (Wildman–Crippen LogP) is 5.10. The Labute approximate surface area is 156 Å². The van der Waals surface area contributed by atoms with E-state index in [4.69, 9.17) is 22.8 Å². The van der Waals surface area contributed by atoms with Crippen molar-refractivity contribution in [2.45, 2.75) is 39.5 Å². The van der Waals surface area contributed by atoms with Gasteiger partial charge in [-0.1, -0.05) is 12.1 Å². The fourth-order valence-corrected chi connectivity index (χ4v) is 7.84. The lowest BCUT2D eigenvalue weighted by Crippen LogP contribution is -2.20. The van der Waals surface area contributed by atoms with Crippen molar-refractivity contribution in [1.82, 2.24) is 0 Å². The second-order valence-corrected chi connectivity index (χ2v) is 10.1. The SMILES string of the molecule is CCOP(=O)(OCC)C(Cc1ccc(OC)cc1)P(=O)(OCC)OCC. The molecule has 0 N–H and O–H groups in total. The molecule has 26 heavy (non-hydrogen) atoms. The van der Waals surface area contributed by atoms with Crippen molar-refractivity contribution in [2.75, 3.05) is 33.5 Å². The molecular weight excluding hydrogens is 378 g/mol. The Kier molecular flexibility index (Phi) is 10.1. The molecule has 0 heterocycles. The number of hydrogen-bond acceptors (Lipinski definition) is 7. The van der Waals surface area contributed by atoms with Gasteiger partial charge in [0.05, 0.1) is 33.5 Å². The fraction of sp³-hybridized carbons (Fsp3) is 0.647. The Morgan fingerprint density at radius 1 is 0.769 bits per heavy atom. The number of methoxy groups -OCH3 is 1. The van der Waals surface area contributed by atoms with Gasteiger partial charge >= 0.3 is 15.2 Å². The van der Waals surface area contributed by atoms with E-state index < -0.39 is 20.6 Å². The summed E-state index contributed by atoms with van der Waals surface area (Å²) in [5.41, 5.74) is 0.801. The zero-order valence-electron chi connectivity index (χ0n) is 16.2. The van der Waals surface area contributed by atoms with Crippen molar-refractivity contribution >= 4 is 15.2 Å². The molecule has 0 aliphatic heterocycles. The molecule has 0 bridgehead atoms. The van der Waals surface area contributed by atoms with Gasteiger partial charge in [-0.05, 0) is 51.8 Å². The Morgan fingerprint density at radius 2 is 1.15 bits per heavy atom. The highest BCUT2D eigenvalue weighted by atomic mass is 31.2. The summed E-state index contributed by atoms with van der Waals surface area (Å²) in [7, 11) is -5.90. The molecule has 0 fully saturated rings. The Morgan fingerprint density at radius 3 is 1.46 bits per heavy atom. The maximum absolute atomic E-state index is 13.4. The van der Waals surface area contributed by atoms with Crippen LogP contribution in [0.3, 0.4) is 0 Å². The molecule has 0 atom stereocenters. The Bertz CT molecular complexity index is 568. The molecule has 0 spiro atoms. The lowest BCUT2D eigenvalue weighted by molar-refractivity contribution is 0.195. The Balaban J connectivity index is 3.33. The topological polar surface area (TPSA) is 80.3 Å². The van der Waals surface area contributed by atoms with Crippen LogP contribution in [0.4, 0.5) is 0 Å². The number of hydrogen-bond donors (Lipinski definition) is 0. The van der Waals surface area contributed by atoms with Gasteiger partial charge in [0.2, 0.25) is 0 Å². The molecule has 7 nitrogen and oxygen atoms in total. The van der Waals surface area contributed by atoms with Crippen LogP contribution in [0.5, 0.6) is 5.75 Å². The highest BCUT2D eigenvalue weighted by Crippen LogP contribution is 2.71. The summed E-state index contributed by atoms with van der Waals surface area (Å²) in [6.45, 7) is 7.49. The number of benzene rings is 1. The maximum Gasteiger partial charge on any atom is 0.346 e. The smallest absolute Gasteiger partial charge is 0.346 e. The quantitative estimate of drug-likeness (QED) is 0.420.